The molecule has 0 bridgehead atoms. The second kappa shape index (κ2) is 17.9. The SMILES string of the molecule is CC1(C)c2cc3c(cc2-c2cc4c5ccccc5c5ccccc5c4cc21)C(C)(C)c1ccccc1N3c1nc(-c2cc(-c3ccccc3)cc(-c3ccccc3)c2)nc(-c2cc(-c3ccccc3)cc(-c3ccccc3)c2)n1. The molecule has 15 rings (SSSR count). The van der Waals surface area contributed by atoms with Crippen LogP contribution in [0.25, 0.3) is 111 Å². The minimum atomic E-state index is -0.383. The van der Waals surface area contributed by atoms with E-state index in [4.69, 9.17) is 15.0 Å². The van der Waals surface area contributed by atoms with E-state index >= 15 is 0 Å². The molecule has 1 aromatic heterocycles. The summed E-state index contributed by atoms with van der Waals surface area (Å²) < 4.78 is 0. The Hall–Kier alpha value is -9.77. The van der Waals surface area contributed by atoms with E-state index < -0.39 is 0 Å². The molecule has 0 atom stereocenters. The molecule has 1 aliphatic carbocycles. The molecule has 4 heteroatoms. The fourth-order valence-corrected chi connectivity index (χ4v) is 13.0. The molecule has 13 aromatic rings. The van der Waals surface area contributed by atoms with E-state index in [9.17, 15) is 0 Å². The first-order chi connectivity index (χ1) is 38.7. The third-order valence-corrected chi connectivity index (χ3v) is 17.0. The molecule has 2 heterocycles. The number of nitrogens with zero attached hydrogens (tertiary/aromatic N) is 4. The molecule has 79 heavy (non-hydrogen) atoms. The Balaban J connectivity index is 0.998. The van der Waals surface area contributed by atoms with Crippen molar-refractivity contribution in [2.24, 2.45) is 0 Å². The first-order valence-corrected chi connectivity index (χ1v) is 27.4. The van der Waals surface area contributed by atoms with E-state index in [-0.39, 0.29) is 10.8 Å². The van der Waals surface area contributed by atoms with Gasteiger partial charge < -0.3 is 0 Å². The summed E-state index contributed by atoms with van der Waals surface area (Å²) in [6.45, 7) is 9.55. The topological polar surface area (TPSA) is 41.9 Å². The van der Waals surface area contributed by atoms with Gasteiger partial charge >= 0.3 is 0 Å². The predicted octanol–water partition coefficient (Wildman–Crippen LogP) is 19.7. The Kier molecular flexibility index (Phi) is 10.5. The van der Waals surface area contributed by atoms with E-state index in [0.717, 1.165) is 67.0 Å². The molecular formula is C75H54N4. The van der Waals surface area contributed by atoms with E-state index in [1.54, 1.807) is 0 Å². The van der Waals surface area contributed by atoms with Crippen molar-refractivity contribution in [3.8, 4) is 78.4 Å². The normalized spacial score (nSPS) is 13.7. The Morgan fingerprint density at radius 2 is 0.608 bits per heavy atom. The van der Waals surface area contributed by atoms with Crippen molar-refractivity contribution in [2.75, 3.05) is 4.90 Å². The lowest BCUT2D eigenvalue weighted by atomic mass is 9.72. The van der Waals surface area contributed by atoms with Gasteiger partial charge in [-0.15, -0.1) is 0 Å². The summed E-state index contributed by atoms with van der Waals surface area (Å²) in [6, 6.07) is 92.6. The summed E-state index contributed by atoms with van der Waals surface area (Å²) in [4.78, 5) is 19.3. The van der Waals surface area contributed by atoms with E-state index in [1.807, 2.05) is 0 Å². The number of para-hydroxylation sites is 1. The van der Waals surface area contributed by atoms with Crippen LogP contribution in [-0.2, 0) is 10.8 Å². The van der Waals surface area contributed by atoms with Crippen molar-refractivity contribution in [1.29, 1.82) is 0 Å². The first-order valence-electron chi connectivity index (χ1n) is 27.4. The van der Waals surface area contributed by atoms with E-state index in [0.29, 0.717) is 17.6 Å². The Morgan fingerprint density at radius 3 is 1.08 bits per heavy atom. The van der Waals surface area contributed by atoms with Crippen LogP contribution in [0.3, 0.4) is 0 Å². The molecule has 0 saturated heterocycles. The average molecular weight is 1010 g/mol. The third-order valence-electron chi connectivity index (χ3n) is 17.0. The lowest BCUT2D eigenvalue weighted by Gasteiger charge is -2.42. The van der Waals surface area contributed by atoms with Gasteiger partial charge in [0.2, 0.25) is 5.95 Å². The second-order valence-corrected chi connectivity index (χ2v) is 22.4. The third kappa shape index (κ3) is 7.54. The molecule has 0 fully saturated rings. The van der Waals surface area contributed by atoms with Crippen LogP contribution in [-0.4, -0.2) is 15.0 Å². The number of anilines is 3. The summed E-state index contributed by atoms with van der Waals surface area (Å²) >= 11 is 0. The molecule has 0 saturated carbocycles. The van der Waals surface area contributed by atoms with Crippen molar-refractivity contribution in [3.63, 3.8) is 0 Å². The molecule has 0 spiro atoms. The smallest absolute Gasteiger partial charge is 0.238 e. The summed E-state index contributed by atoms with van der Waals surface area (Å²) in [6.07, 6.45) is 0. The van der Waals surface area contributed by atoms with E-state index in [1.165, 1.54) is 65.7 Å². The zero-order valence-electron chi connectivity index (χ0n) is 44.5. The van der Waals surface area contributed by atoms with E-state index in [2.05, 4.69) is 287 Å². The van der Waals surface area contributed by atoms with Gasteiger partial charge in [0, 0.05) is 22.0 Å². The van der Waals surface area contributed by atoms with Gasteiger partial charge in [-0.25, -0.2) is 4.98 Å². The molecule has 0 N–H and O–H groups in total. The molecule has 1 aliphatic heterocycles. The molecule has 2 aliphatic rings. The molecule has 4 nitrogen and oxygen atoms in total. The van der Waals surface area contributed by atoms with Gasteiger partial charge in [-0.1, -0.05) is 216 Å². The van der Waals surface area contributed by atoms with Crippen molar-refractivity contribution >= 4 is 49.6 Å². The van der Waals surface area contributed by atoms with Gasteiger partial charge in [-0.3, -0.25) is 4.90 Å². The zero-order valence-corrected chi connectivity index (χ0v) is 44.5. The summed E-state index contributed by atoms with van der Waals surface area (Å²) in [5.74, 6) is 1.73. The first kappa shape index (κ1) is 46.5. The van der Waals surface area contributed by atoms with Gasteiger partial charge in [-0.05, 0) is 177 Å². The number of benzene rings is 12. The Morgan fingerprint density at radius 1 is 0.253 bits per heavy atom. The monoisotopic (exact) mass is 1010 g/mol. The van der Waals surface area contributed by atoms with Gasteiger partial charge in [0.1, 0.15) is 0 Å². The molecule has 374 valence electrons. The summed E-state index contributed by atoms with van der Waals surface area (Å²) in [5.41, 5.74) is 19.6. The van der Waals surface area contributed by atoms with Crippen molar-refractivity contribution in [3.05, 3.63) is 277 Å². The maximum absolute atomic E-state index is 5.70. The zero-order chi connectivity index (χ0) is 53.0. The van der Waals surface area contributed by atoms with Gasteiger partial charge in [0.15, 0.2) is 11.6 Å². The Labute approximate surface area is 461 Å². The summed E-state index contributed by atoms with van der Waals surface area (Å²) in [5, 5.41) is 7.70. The molecular weight excluding hydrogens is 957 g/mol. The number of aromatic nitrogens is 3. The van der Waals surface area contributed by atoms with Crippen molar-refractivity contribution in [1.82, 2.24) is 15.0 Å². The molecule has 12 aromatic carbocycles. The highest BCUT2D eigenvalue weighted by Gasteiger charge is 2.43. The van der Waals surface area contributed by atoms with Crippen LogP contribution in [0.5, 0.6) is 0 Å². The van der Waals surface area contributed by atoms with Crippen LogP contribution in [0, 0.1) is 0 Å². The van der Waals surface area contributed by atoms with Crippen LogP contribution < -0.4 is 4.90 Å². The lowest BCUT2D eigenvalue weighted by Crippen LogP contribution is -2.32. The molecule has 0 radical (unpaired) electrons. The fraction of sp³-hybridized carbons (Fsp3) is 0.0800. The van der Waals surface area contributed by atoms with Crippen LogP contribution in [0.4, 0.5) is 17.3 Å². The van der Waals surface area contributed by atoms with Gasteiger partial charge in [-0.2, -0.15) is 9.97 Å². The lowest BCUT2D eigenvalue weighted by molar-refractivity contribution is 0.626. The quantitative estimate of drug-likeness (QED) is 0.149. The fourth-order valence-electron chi connectivity index (χ4n) is 13.0. The van der Waals surface area contributed by atoms with Crippen LogP contribution in [0.2, 0.25) is 0 Å². The number of hydrogen-bond donors (Lipinski definition) is 0. The van der Waals surface area contributed by atoms with Gasteiger partial charge in [0.05, 0.1) is 11.4 Å². The van der Waals surface area contributed by atoms with Crippen molar-refractivity contribution < 1.29 is 0 Å². The number of rotatable bonds is 7. The van der Waals surface area contributed by atoms with Crippen molar-refractivity contribution in [2.45, 2.75) is 38.5 Å². The van der Waals surface area contributed by atoms with Gasteiger partial charge in [0.25, 0.3) is 0 Å². The van der Waals surface area contributed by atoms with Crippen LogP contribution in [0.15, 0.2) is 255 Å². The number of hydrogen-bond acceptors (Lipinski definition) is 4. The van der Waals surface area contributed by atoms with Crippen LogP contribution >= 0.6 is 0 Å². The minimum Gasteiger partial charge on any atom is -0.278 e. The maximum Gasteiger partial charge on any atom is 0.238 e. The van der Waals surface area contributed by atoms with Crippen LogP contribution in [0.1, 0.15) is 49.9 Å². The standard InChI is InChI=1S/C75H54N4/c1-74(2)65-35-21-22-36-69(65)79(70-46-67-64(45-68(70)74)63-43-61-59-33-19-17-31-57(59)58-32-18-20-34-60(58)62(61)44-66(63)75(67,3)4)73-77-71(55-39-51(47-23-9-5-10-24-47)37-52(40-55)48-25-11-6-12-26-48)76-72(78-73)56-41-53(49-27-13-7-14-28-49)38-54(42-56)50-29-15-8-16-30-50/h5-46H,1-4H3. The summed E-state index contributed by atoms with van der Waals surface area (Å²) in [7, 11) is 0. The predicted molar refractivity (Wildman–Crippen MR) is 329 cm³/mol. The average Bonchev–Trinajstić information content (AvgIpc) is 2.99. The highest BCUT2D eigenvalue weighted by molar-refractivity contribution is 6.26. The number of fused-ring (bicyclic) bond motifs is 11. The highest BCUT2D eigenvalue weighted by Crippen LogP contribution is 2.58. The Bertz CT molecular complexity index is 4320. The molecule has 0 unspecified atom stereocenters. The maximum atomic E-state index is 5.70. The minimum absolute atomic E-state index is 0.333. The highest BCUT2D eigenvalue weighted by atomic mass is 15.3. The second-order valence-electron chi connectivity index (χ2n) is 22.4. The largest absolute Gasteiger partial charge is 0.278 e. The molecule has 0 amide bonds.